The Morgan fingerprint density at radius 1 is 1.10 bits per heavy atom. The molecule has 21 heavy (non-hydrogen) atoms. The van der Waals surface area contributed by atoms with Crippen LogP contribution in [0.1, 0.15) is 5.56 Å². The maximum absolute atomic E-state index is 10.1. The summed E-state index contributed by atoms with van der Waals surface area (Å²) in [6.45, 7) is 0. The van der Waals surface area contributed by atoms with Crippen LogP contribution in [-0.4, -0.2) is 19.0 Å². The first-order valence-corrected chi connectivity index (χ1v) is 6.11. The molecule has 0 heterocycles. The Morgan fingerprint density at radius 3 is 2.00 bits per heavy atom. The molecule has 0 unspecified atom stereocenters. The fourth-order valence-electron chi connectivity index (χ4n) is 1.43. The highest BCUT2D eigenvalue weighted by Gasteiger charge is 2.01. The SMILES string of the molecule is CN(C)c1ccc(C#N)cc1.Nc1ccc([N+](=O)[O-])cc1. The van der Waals surface area contributed by atoms with Crippen LogP contribution in [0.4, 0.5) is 17.1 Å². The van der Waals surface area contributed by atoms with Crippen LogP contribution in [0.2, 0.25) is 0 Å². The topological polar surface area (TPSA) is 96.2 Å². The van der Waals surface area contributed by atoms with Gasteiger partial charge in [-0.05, 0) is 36.4 Å². The van der Waals surface area contributed by atoms with Gasteiger partial charge in [-0.15, -0.1) is 0 Å². The second-order valence-corrected chi connectivity index (χ2v) is 4.40. The number of nitro groups is 1. The predicted molar refractivity (Wildman–Crippen MR) is 83.0 cm³/mol. The molecule has 6 heteroatoms. The third kappa shape index (κ3) is 5.20. The fraction of sp³-hybridized carbons (Fsp3) is 0.133. The molecule has 0 saturated carbocycles. The van der Waals surface area contributed by atoms with Crippen LogP contribution in [0.25, 0.3) is 0 Å². The van der Waals surface area contributed by atoms with Crippen LogP contribution in [0.3, 0.4) is 0 Å². The van der Waals surface area contributed by atoms with Crippen molar-refractivity contribution >= 4 is 17.1 Å². The molecule has 0 amide bonds. The van der Waals surface area contributed by atoms with E-state index < -0.39 is 4.92 Å². The van der Waals surface area contributed by atoms with Gasteiger partial charge in [-0.25, -0.2) is 0 Å². The number of rotatable bonds is 2. The number of non-ortho nitro benzene ring substituents is 1. The molecule has 0 bridgehead atoms. The Kier molecular flexibility index (Phi) is 5.71. The van der Waals surface area contributed by atoms with E-state index in [1.807, 2.05) is 43.3 Å². The summed E-state index contributed by atoms with van der Waals surface area (Å²) in [4.78, 5) is 11.6. The molecule has 2 aromatic carbocycles. The number of anilines is 2. The van der Waals surface area contributed by atoms with Gasteiger partial charge in [0, 0.05) is 37.6 Å². The highest BCUT2D eigenvalue weighted by Crippen LogP contribution is 2.12. The van der Waals surface area contributed by atoms with Crippen molar-refractivity contribution in [3.63, 3.8) is 0 Å². The highest BCUT2D eigenvalue weighted by molar-refractivity contribution is 5.48. The number of nitrogen functional groups attached to an aromatic ring is 1. The summed E-state index contributed by atoms with van der Waals surface area (Å²) >= 11 is 0. The van der Waals surface area contributed by atoms with Crippen molar-refractivity contribution in [1.29, 1.82) is 5.26 Å². The summed E-state index contributed by atoms with van der Waals surface area (Å²) in [7, 11) is 3.95. The smallest absolute Gasteiger partial charge is 0.269 e. The van der Waals surface area contributed by atoms with Crippen LogP contribution < -0.4 is 10.6 Å². The molecule has 0 aliphatic rings. The van der Waals surface area contributed by atoms with Gasteiger partial charge in [0.2, 0.25) is 0 Å². The number of nitrogens with zero attached hydrogens (tertiary/aromatic N) is 3. The zero-order valence-electron chi connectivity index (χ0n) is 11.9. The van der Waals surface area contributed by atoms with Gasteiger partial charge in [0.1, 0.15) is 0 Å². The van der Waals surface area contributed by atoms with E-state index in [0.29, 0.717) is 11.3 Å². The first-order chi connectivity index (χ1) is 9.93. The van der Waals surface area contributed by atoms with Gasteiger partial charge >= 0.3 is 0 Å². The lowest BCUT2D eigenvalue weighted by molar-refractivity contribution is -0.384. The lowest BCUT2D eigenvalue weighted by Gasteiger charge is -2.11. The average Bonchev–Trinajstić information content (AvgIpc) is 2.48. The molecular formula is C15H16N4O2. The Balaban J connectivity index is 0.000000211. The van der Waals surface area contributed by atoms with Crippen LogP contribution in [0.15, 0.2) is 48.5 Å². The second kappa shape index (κ2) is 7.50. The summed E-state index contributed by atoms with van der Waals surface area (Å²) in [5.74, 6) is 0. The minimum atomic E-state index is -0.459. The molecule has 0 fully saturated rings. The maximum Gasteiger partial charge on any atom is 0.269 e. The standard InChI is InChI=1S/C9H10N2.C6H6N2O2/c1-11(2)9-5-3-8(7-10)4-6-9;7-5-1-3-6(4-2-5)8(9)10/h3-6H,1-2H3;1-4H,7H2. The van der Waals surface area contributed by atoms with Gasteiger partial charge in [-0.2, -0.15) is 5.26 Å². The Bertz CT molecular complexity index is 628. The van der Waals surface area contributed by atoms with E-state index >= 15 is 0 Å². The summed E-state index contributed by atoms with van der Waals surface area (Å²) in [5, 5.41) is 18.6. The first kappa shape index (κ1) is 16.0. The molecule has 0 aliphatic carbocycles. The van der Waals surface area contributed by atoms with E-state index in [9.17, 15) is 10.1 Å². The number of benzene rings is 2. The van der Waals surface area contributed by atoms with Crippen molar-refractivity contribution in [2.45, 2.75) is 0 Å². The molecule has 108 valence electrons. The second-order valence-electron chi connectivity index (χ2n) is 4.40. The summed E-state index contributed by atoms with van der Waals surface area (Å²) < 4.78 is 0. The Labute approximate surface area is 123 Å². The van der Waals surface area contributed by atoms with Crippen LogP contribution >= 0.6 is 0 Å². The summed E-state index contributed by atoms with van der Waals surface area (Å²) in [6.07, 6.45) is 0. The van der Waals surface area contributed by atoms with Crippen molar-refractivity contribution in [2.24, 2.45) is 0 Å². The molecule has 0 saturated heterocycles. The number of nitriles is 1. The summed E-state index contributed by atoms with van der Waals surface area (Å²) in [5.41, 5.74) is 7.72. The van der Waals surface area contributed by atoms with E-state index in [4.69, 9.17) is 11.0 Å². The number of nitrogens with two attached hydrogens (primary N) is 1. The van der Waals surface area contributed by atoms with Crippen LogP contribution in [-0.2, 0) is 0 Å². The first-order valence-electron chi connectivity index (χ1n) is 6.11. The predicted octanol–water partition coefficient (Wildman–Crippen LogP) is 2.80. The van der Waals surface area contributed by atoms with Gasteiger partial charge in [-0.1, -0.05) is 0 Å². The Morgan fingerprint density at radius 2 is 1.62 bits per heavy atom. The molecule has 0 radical (unpaired) electrons. The average molecular weight is 284 g/mol. The third-order valence-corrected chi connectivity index (χ3v) is 2.62. The van der Waals surface area contributed by atoms with E-state index in [0.717, 1.165) is 5.69 Å². The monoisotopic (exact) mass is 284 g/mol. The molecule has 2 aromatic rings. The van der Waals surface area contributed by atoms with Crippen molar-refractivity contribution < 1.29 is 4.92 Å². The third-order valence-electron chi connectivity index (χ3n) is 2.62. The number of hydrogen-bond donors (Lipinski definition) is 1. The zero-order chi connectivity index (χ0) is 15.8. The van der Waals surface area contributed by atoms with Gasteiger partial charge in [-0.3, -0.25) is 10.1 Å². The van der Waals surface area contributed by atoms with Crippen LogP contribution in [0.5, 0.6) is 0 Å². The van der Waals surface area contributed by atoms with Gasteiger partial charge in [0.25, 0.3) is 5.69 Å². The minimum absolute atomic E-state index is 0.0641. The largest absolute Gasteiger partial charge is 0.399 e. The number of hydrogen-bond acceptors (Lipinski definition) is 5. The van der Waals surface area contributed by atoms with Crippen molar-refractivity contribution in [1.82, 2.24) is 0 Å². The molecular weight excluding hydrogens is 268 g/mol. The molecule has 2 N–H and O–H groups in total. The zero-order valence-corrected chi connectivity index (χ0v) is 11.9. The van der Waals surface area contributed by atoms with Crippen molar-refractivity contribution in [3.8, 4) is 6.07 Å². The molecule has 0 aliphatic heterocycles. The minimum Gasteiger partial charge on any atom is -0.399 e. The van der Waals surface area contributed by atoms with E-state index in [-0.39, 0.29) is 5.69 Å². The van der Waals surface area contributed by atoms with Crippen molar-refractivity contribution in [2.75, 3.05) is 24.7 Å². The highest BCUT2D eigenvalue weighted by atomic mass is 16.6. The van der Waals surface area contributed by atoms with E-state index in [2.05, 4.69) is 6.07 Å². The maximum atomic E-state index is 10.1. The fourth-order valence-corrected chi connectivity index (χ4v) is 1.43. The lowest BCUT2D eigenvalue weighted by atomic mass is 10.2. The molecule has 6 nitrogen and oxygen atoms in total. The van der Waals surface area contributed by atoms with Crippen molar-refractivity contribution in [3.05, 3.63) is 64.2 Å². The normalized spacial score (nSPS) is 9.00. The van der Waals surface area contributed by atoms with E-state index in [1.165, 1.54) is 24.3 Å². The van der Waals surface area contributed by atoms with Gasteiger partial charge < -0.3 is 10.6 Å². The van der Waals surface area contributed by atoms with Gasteiger partial charge in [0.15, 0.2) is 0 Å². The summed E-state index contributed by atoms with van der Waals surface area (Å²) in [6, 6.07) is 15.3. The molecule has 0 spiro atoms. The van der Waals surface area contributed by atoms with Crippen LogP contribution in [0, 0.1) is 21.4 Å². The lowest BCUT2D eigenvalue weighted by Crippen LogP contribution is -2.07. The Hall–Kier alpha value is -3.07. The number of nitro benzene ring substituents is 1. The quantitative estimate of drug-likeness (QED) is 0.519. The molecule has 0 atom stereocenters. The van der Waals surface area contributed by atoms with E-state index in [1.54, 1.807) is 0 Å². The van der Waals surface area contributed by atoms with Gasteiger partial charge in [0.05, 0.1) is 16.6 Å². The molecule has 2 rings (SSSR count). The molecule has 0 aromatic heterocycles.